The molecule has 0 saturated carbocycles. The summed E-state index contributed by atoms with van der Waals surface area (Å²) >= 11 is 0.563. The Balaban J connectivity index is 3.41. The summed E-state index contributed by atoms with van der Waals surface area (Å²) in [7, 11) is 1.13. The van der Waals surface area contributed by atoms with Crippen molar-refractivity contribution >= 4 is 33.0 Å². The van der Waals surface area contributed by atoms with Crippen LogP contribution in [0.1, 0.15) is 10.4 Å². The van der Waals surface area contributed by atoms with Crippen LogP contribution in [0.2, 0.25) is 0 Å². The highest BCUT2D eigenvalue weighted by molar-refractivity contribution is 9.10. The first-order chi connectivity index (χ1) is 6.97. The number of halogens is 2. The number of ether oxygens (including phenoxy) is 1. The highest BCUT2D eigenvalue weighted by Crippen LogP contribution is 2.26. The van der Waals surface area contributed by atoms with Gasteiger partial charge in [0.25, 0.3) is 0 Å². The molecule has 4 nitrogen and oxygen atoms in total. The van der Waals surface area contributed by atoms with Crippen LogP contribution in [0.3, 0.4) is 0 Å². The predicted octanol–water partition coefficient (Wildman–Crippen LogP) is 1.96. The Morgan fingerprint density at radius 1 is 1.60 bits per heavy atom. The first-order valence-corrected chi connectivity index (χ1v) is 5.55. The van der Waals surface area contributed by atoms with Crippen molar-refractivity contribution < 1.29 is 22.7 Å². The molecule has 1 N–H and O–H groups in total. The van der Waals surface area contributed by atoms with Gasteiger partial charge in [0.1, 0.15) is 5.82 Å². The van der Waals surface area contributed by atoms with Gasteiger partial charge in [0.2, 0.25) is 0 Å². The third-order valence-corrected chi connectivity index (χ3v) is 3.41. The molecular weight excluding hydrogens is 291 g/mol. The minimum Gasteiger partial charge on any atom is -0.465 e. The third kappa shape index (κ3) is 2.61. The summed E-state index contributed by atoms with van der Waals surface area (Å²) in [4.78, 5) is 10.9. The molecule has 0 bridgehead atoms. The van der Waals surface area contributed by atoms with E-state index in [4.69, 9.17) is 4.55 Å². The second-order valence-electron chi connectivity index (χ2n) is 2.51. The third-order valence-electron chi connectivity index (χ3n) is 1.60. The maximum Gasteiger partial charge on any atom is 0.339 e. The van der Waals surface area contributed by atoms with Gasteiger partial charge in [-0.2, -0.15) is 0 Å². The first kappa shape index (κ1) is 12.3. The molecule has 7 heteroatoms. The van der Waals surface area contributed by atoms with E-state index in [1.807, 2.05) is 0 Å². The normalized spacial score (nSPS) is 12.3. The number of carbonyl (C=O) groups is 1. The van der Waals surface area contributed by atoms with Gasteiger partial charge in [0.05, 0.1) is 22.0 Å². The Hall–Kier alpha value is -0.790. The number of hydrogen-bond donors (Lipinski definition) is 1. The Kier molecular flexibility index (Phi) is 3.95. The van der Waals surface area contributed by atoms with Crippen LogP contribution in [0, 0.1) is 5.82 Å². The summed E-state index contributed by atoms with van der Waals surface area (Å²) in [5.41, 5.74) is -0.130. The molecule has 82 valence electrons. The van der Waals surface area contributed by atoms with E-state index in [1.165, 1.54) is 0 Å². The van der Waals surface area contributed by atoms with Crippen LogP contribution in [0.25, 0.3) is 0 Å². The minimum absolute atomic E-state index is 0.0524. The minimum atomic E-state index is -2.37. The van der Waals surface area contributed by atoms with Gasteiger partial charge in [-0.3, -0.25) is 0 Å². The summed E-state index contributed by atoms with van der Waals surface area (Å²) < 4.78 is 37.1. The van der Waals surface area contributed by atoms with Crippen molar-refractivity contribution in [2.75, 3.05) is 7.11 Å². The van der Waals surface area contributed by atoms with E-state index in [-0.39, 0.29) is 14.9 Å². The van der Waals surface area contributed by atoms with Crippen LogP contribution in [0.15, 0.2) is 21.5 Å². The van der Waals surface area contributed by atoms with Gasteiger partial charge in [-0.25, -0.2) is 13.4 Å². The Morgan fingerprint density at radius 3 is 2.67 bits per heavy atom. The van der Waals surface area contributed by atoms with Crippen molar-refractivity contribution in [3.63, 3.8) is 0 Å². The smallest absolute Gasteiger partial charge is 0.339 e. The van der Waals surface area contributed by atoms with Crippen molar-refractivity contribution in [3.8, 4) is 0 Å². The quantitative estimate of drug-likeness (QED) is 0.669. The number of rotatable bonds is 2. The molecule has 0 aliphatic carbocycles. The molecule has 1 rings (SSSR count). The number of hydrogen-bond acceptors (Lipinski definition) is 3. The van der Waals surface area contributed by atoms with Crippen LogP contribution in [0.4, 0.5) is 4.39 Å². The molecule has 0 heterocycles. The number of carbonyl (C=O) groups excluding carboxylic acids is 1. The lowest BCUT2D eigenvalue weighted by atomic mass is 10.2. The van der Waals surface area contributed by atoms with Gasteiger partial charge in [0.15, 0.2) is 11.1 Å². The van der Waals surface area contributed by atoms with Crippen molar-refractivity contribution in [2.24, 2.45) is 0 Å². The van der Waals surface area contributed by atoms with Crippen LogP contribution in [0.5, 0.6) is 0 Å². The lowest BCUT2D eigenvalue weighted by molar-refractivity contribution is 0.0598. The second kappa shape index (κ2) is 4.82. The summed E-state index contributed by atoms with van der Waals surface area (Å²) in [5.74, 6) is -1.57. The average Bonchev–Trinajstić information content (AvgIpc) is 2.19. The van der Waals surface area contributed by atoms with Crippen LogP contribution < -0.4 is 0 Å². The Morgan fingerprint density at radius 2 is 2.20 bits per heavy atom. The topological polar surface area (TPSA) is 63.6 Å². The van der Waals surface area contributed by atoms with E-state index < -0.39 is 22.9 Å². The lowest BCUT2D eigenvalue weighted by Crippen LogP contribution is -2.05. The van der Waals surface area contributed by atoms with Crippen LogP contribution in [-0.2, 0) is 15.8 Å². The van der Waals surface area contributed by atoms with Crippen LogP contribution in [-0.4, -0.2) is 21.8 Å². The average molecular weight is 297 g/mol. The molecule has 1 atom stereocenters. The Bertz CT molecular complexity index is 435. The van der Waals surface area contributed by atoms with Crippen molar-refractivity contribution in [3.05, 3.63) is 28.0 Å². The van der Waals surface area contributed by atoms with Crippen molar-refractivity contribution in [1.29, 1.82) is 0 Å². The standard InChI is InChI=1S/C8H6BrFO4S/c1-14-8(11)5-2-4(10)3-6(7(5)9)15(12)13/h2-3H,1H3,(H,12,13). The SMILES string of the molecule is COC(=O)c1cc(F)cc(S(=O)O)c1Br. The molecule has 0 radical (unpaired) electrons. The molecule has 15 heavy (non-hydrogen) atoms. The highest BCUT2D eigenvalue weighted by Gasteiger charge is 2.18. The summed E-state index contributed by atoms with van der Waals surface area (Å²) in [6.45, 7) is 0. The van der Waals surface area contributed by atoms with Gasteiger partial charge in [-0.05, 0) is 28.1 Å². The maximum absolute atomic E-state index is 13.0. The van der Waals surface area contributed by atoms with Crippen molar-refractivity contribution in [1.82, 2.24) is 0 Å². The molecule has 1 aromatic carbocycles. The first-order valence-electron chi connectivity index (χ1n) is 3.65. The molecule has 0 saturated heterocycles. The molecule has 0 fully saturated rings. The number of benzene rings is 1. The van der Waals surface area contributed by atoms with Gasteiger partial charge < -0.3 is 9.29 Å². The van der Waals surface area contributed by atoms with E-state index in [9.17, 15) is 13.4 Å². The molecule has 0 aliphatic heterocycles. The van der Waals surface area contributed by atoms with Crippen molar-refractivity contribution in [2.45, 2.75) is 4.90 Å². The van der Waals surface area contributed by atoms with Gasteiger partial charge in [0, 0.05) is 0 Å². The molecule has 1 aromatic rings. The zero-order valence-electron chi connectivity index (χ0n) is 7.49. The van der Waals surface area contributed by atoms with Crippen LogP contribution >= 0.6 is 15.9 Å². The second-order valence-corrected chi connectivity index (χ2v) is 4.24. The van der Waals surface area contributed by atoms with Gasteiger partial charge in [-0.1, -0.05) is 0 Å². The summed E-state index contributed by atoms with van der Waals surface area (Å²) in [5, 5.41) is 0. The number of esters is 1. The fourth-order valence-electron chi connectivity index (χ4n) is 0.950. The maximum atomic E-state index is 13.0. The van der Waals surface area contributed by atoms with E-state index in [0.717, 1.165) is 19.2 Å². The molecule has 0 aliphatic rings. The fraction of sp³-hybridized carbons (Fsp3) is 0.125. The van der Waals surface area contributed by atoms with E-state index >= 15 is 0 Å². The predicted molar refractivity (Wildman–Crippen MR) is 54.5 cm³/mol. The lowest BCUT2D eigenvalue weighted by Gasteiger charge is -2.05. The number of methoxy groups -OCH3 is 1. The van der Waals surface area contributed by atoms with Gasteiger partial charge >= 0.3 is 5.97 Å². The fourth-order valence-corrected chi connectivity index (χ4v) is 2.23. The molecular formula is C8H6BrFO4S. The monoisotopic (exact) mass is 296 g/mol. The Labute approximate surface area is 95.8 Å². The van der Waals surface area contributed by atoms with E-state index in [1.54, 1.807) is 0 Å². The summed E-state index contributed by atoms with van der Waals surface area (Å²) in [6.07, 6.45) is 0. The zero-order valence-corrected chi connectivity index (χ0v) is 9.89. The summed E-state index contributed by atoms with van der Waals surface area (Å²) in [6, 6.07) is 1.79. The molecule has 1 unspecified atom stereocenters. The van der Waals surface area contributed by atoms with E-state index in [2.05, 4.69) is 20.7 Å². The largest absolute Gasteiger partial charge is 0.465 e. The molecule has 0 aromatic heterocycles. The highest BCUT2D eigenvalue weighted by atomic mass is 79.9. The zero-order chi connectivity index (χ0) is 11.6. The molecule has 0 amide bonds. The van der Waals surface area contributed by atoms with Gasteiger partial charge in [-0.15, -0.1) is 0 Å². The molecule has 0 spiro atoms. The van der Waals surface area contributed by atoms with E-state index in [0.29, 0.717) is 0 Å².